The van der Waals surface area contributed by atoms with Crippen molar-refractivity contribution in [3.63, 3.8) is 0 Å². The molecule has 1 aromatic carbocycles. The van der Waals surface area contributed by atoms with Gasteiger partial charge in [0.05, 0.1) is 0 Å². The van der Waals surface area contributed by atoms with E-state index >= 15 is 0 Å². The SMILES string of the molecule is O=C(c1cccc(F)n1)N(Cc1ccc(F)cc1)C1CC1. The second kappa shape index (κ2) is 5.60. The van der Waals surface area contributed by atoms with Crippen LogP contribution in [0.2, 0.25) is 0 Å². The lowest BCUT2D eigenvalue weighted by Crippen LogP contribution is -2.33. The number of benzene rings is 1. The minimum absolute atomic E-state index is 0.101. The third-order valence-electron chi connectivity index (χ3n) is 3.45. The number of carbonyl (C=O) groups excluding carboxylic acids is 1. The lowest BCUT2D eigenvalue weighted by molar-refractivity contribution is 0.0722. The Labute approximate surface area is 121 Å². The number of nitrogens with zero attached hydrogens (tertiary/aromatic N) is 2. The summed E-state index contributed by atoms with van der Waals surface area (Å²) in [5.74, 6) is -1.27. The molecule has 1 heterocycles. The van der Waals surface area contributed by atoms with Gasteiger partial charge in [-0.2, -0.15) is 4.39 Å². The fraction of sp³-hybridized carbons (Fsp3) is 0.250. The topological polar surface area (TPSA) is 33.2 Å². The van der Waals surface area contributed by atoms with Crippen LogP contribution < -0.4 is 0 Å². The number of amides is 1. The van der Waals surface area contributed by atoms with Gasteiger partial charge in [-0.1, -0.05) is 18.2 Å². The van der Waals surface area contributed by atoms with E-state index in [1.165, 1.54) is 30.3 Å². The fourth-order valence-corrected chi connectivity index (χ4v) is 2.21. The molecule has 0 N–H and O–H groups in total. The van der Waals surface area contributed by atoms with Gasteiger partial charge in [0.2, 0.25) is 5.95 Å². The molecule has 0 atom stereocenters. The molecule has 108 valence electrons. The van der Waals surface area contributed by atoms with E-state index in [4.69, 9.17) is 0 Å². The van der Waals surface area contributed by atoms with Crippen LogP contribution in [-0.2, 0) is 6.54 Å². The summed E-state index contributed by atoms with van der Waals surface area (Å²) in [5.41, 5.74) is 0.942. The van der Waals surface area contributed by atoms with E-state index in [2.05, 4.69) is 4.98 Å². The van der Waals surface area contributed by atoms with Gasteiger partial charge in [0.25, 0.3) is 5.91 Å². The van der Waals surface area contributed by atoms with Gasteiger partial charge < -0.3 is 4.90 Å². The van der Waals surface area contributed by atoms with E-state index in [0.717, 1.165) is 18.4 Å². The highest BCUT2D eigenvalue weighted by Crippen LogP contribution is 2.29. The average Bonchev–Trinajstić information content (AvgIpc) is 3.30. The normalized spacial score (nSPS) is 14.0. The third-order valence-corrected chi connectivity index (χ3v) is 3.45. The summed E-state index contributed by atoms with van der Waals surface area (Å²) in [4.78, 5) is 17.8. The smallest absolute Gasteiger partial charge is 0.273 e. The minimum atomic E-state index is -0.668. The zero-order valence-electron chi connectivity index (χ0n) is 11.3. The monoisotopic (exact) mass is 288 g/mol. The standard InChI is InChI=1S/C16H14F2N2O/c17-12-6-4-11(5-7-12)10-20(13-8-9-13)16(21)14-2-1-3-15(18)19-14/h1-7,13H,8-10H2. The fourth-order valence-electron chi connectivity index (χ4n) is 2.21. The molecule has 3 rings (SSSR count). The molecule has 1 aliphatic rings. The Morgan fingerprint density at radius 2 is 1.86 bits per heavy atom. The molecule has 0 radical (unpaired) electrons. The van der Waals surface area contributed by atoms with E-state index in [1.54, 1.807) is 17.0 Å². The number of hydrogen-bond donors (Lipinski definition) is 0. The zero-order chi connectivity index (χ0) is 14.8. The number of aromatic nitrogens is 1. The Morgan fingerprint density at radius 3 is 2.48 bits per heavy atom. The lowest BCUT2D eigenvalue weighted by Gasteiger charge is -2.22. The molecule has 0 bridgehead atoms. The summed E-state index contributed by atoms with van der Waals surface area (Å²) in [5, 5.41) is 0. The molecule has 3 nitrogen and oxygen atoms in total. The van der Waals surface area contributed by atoms with Crippen LogP contribution in [-0.4, -0.2) is 21.8 Å². The summed E-state index contributed by atoms with van der Waals surface area (Å²) < 4.78 is 26.1. The molecule has 0 aliphatic heterocycles. The van der Waals surface area contributed by atoms with Gasteiger partial charge in [-0.3, -0.25) is 4.79 Å². The van der Waals surface area contributed by atoms with Gasteiger partial charge in [-0.05, 0) is 42.7 Å². The van der Waals surface area contributed by atoms with Gasteiger partial charge in [0.15, 0.2) is 0 Å². The number of carbonyl (C=O) groups is 1. The maximum atomic E-state index is 13.2. The Balaban J connectivity index is 1.81. The van der Waals surface area contributed by atoms with Crippen molar-refractivity contribution in [2.75, 3.05) is 0 Å². The first-order chi connectivity index (χ1) is 10.1. The molecule has 0 spiro atoms. The van der Waals surface area contributed by atoms with Crippen LogP contribution in [0.4, 0.5) is 8.78 Å². The molecular weight excluding hydrogens is 274 g/mol. The number of halogens is 2. The van der Waals surface area contributed by atoms with Crippen molar-refractivity contribution in [3.05, 3.63) is 65.5 Å². The van der Waals surface area contributed by atoms with E-state index in [0.29, 0.717) is 6.54 Å². The number of rotatable bonds is 4. The van der Waals surface area contributed by atoms with Crippen molar-refractivity contribution in [1.29, 1.82) is 0 Å². The summed E-state index contributed by atoms with van der Waals surface area (Å²) in [6.07, 6.45) is 1.87. The van der Waals surface area contributed by atoms with Gasteiger partial charge in [-0.15, -0.1) is 0 Å². The van der Waals surface area contributed by atoms with Crippen molar-refractivity contribution >= 4 is 5.91 Å². The maximum Gasteiger partial charge on any atom is 0.273 e. The summed E-state index contributed by atoms with van der Waals surface area (Å²) >= 11 is 0. The molecule has 1 fully saturated rings. The van der Waals surface area contributed by atoms with Gasteiger partial charge in [0.1, 0.15) is 11.5 Å². The molecule has 0 saturated heterocycles. The molecule has 1 aromatic heterocycles. The van der Waals surface area contributed by atoms with Crippen molar-refractivity contribution in [3.8, 4) is 0 Å². The van der Waals surface area contributed by atoms with Crippen molar-refractivity contribution in [2.24, 2.45) is 0 Å². The Morgan fingerprint density at radius 1 is 1.14 bits per heavy atom. The Hall–Kier alpha value is -2.30. The highest BCUT2D eigenvalue weighted by molar-refractivity contribution is 5.92. The number of hydrogen-bond acceptors (Lipinski definition) is 2. The van der Waals surface area contributed by atoms with Crippen LogP contribution in [0.15, 0.2) is 42.5 Å². The first kappa shape index (κ1) is 13.7. The predicted octanol–water partition coefficient (Wildman–Crippen LogP) is 3.16. The largest absolute Gasteiger partial charge is 0.330 e. The second-order valence-corrected chi connectivity index (χ2v) is 5.14. The van der Waals surface area contributed by atoms with Gasteiger partial charge in [-0.25, -0.2) is 9.37 Å². The van der Waals surface area contributed by atoms with Crippen LogP contribution in [0.1, 0.15) is 28.9 Å². The molecule has 0 unspecified atom stereocenters. The quantitative estimate of drug-likeness (QED) is 0.810. The van der Waals surface area contributed by atoms with Crippen LogP contribution in [0.3, 0.4) is 0 Å². The average molecular weight is 288 g/mol. The molecule has 1 saturated carbocycles. The van der Waals surface area contributed by atoms with Gasteiger partial charge in [0, 0.05) is 12.6 Å². The van der Waals surface area contributed by atoms with Crippen molar-refractivity contribution in [2.45, 2.75) is 25.4 Å². The lowest BCUT2D eigenvalue weighted by atomic mass is 10.2. The van der Waals surface area contributed by atoms with Crippen LogP contribution in [0.25, 0.3) is 0 Å². The van der Waals surface area contributed by atoms with Crippen molar-refractivity contribution in [1.82, 2.24) is 9.88 Å². The summed E-state index contributed by atoms with van der Waals surface area (Å²) in [6.45, 7) is 0.377. The minimum Gasteiger partial charge on any atom is -0.330 e. The molecule has 5 heteroatoms. The predicted molar refractivity (Wildman–Crippen MR) is 73.5 cm³/mol. The number of pyridine rings is 1. The van der Waals surface area contributed by atoms with E-state index in [1.807, 2.05) is 0 Å². The van der Waals surface area contributed by atoms with Gasteiger partial charge >= 0.3 is 0 Å². The molecule has 21 heavy (non-hydrogen) atoms. The van der Waals surface area contributed by atoms with Crippen LogP contribution in [0.5, 0.6) is 0 Å². The highest BCUT2D eigenvalue weighted by Gasteiger charge is 2.33. The first-order valence-electron chi connectivity index (χ1n) is 6.81. The molecule has 1 aliphatic carbocycles. The third kappa shape index (κ3) is 3.24. The maximum absolute atomic E-state index is 13.2. The second-order valence-electron chi connectivity index (χ2n) is 5.14. The summed E-state index contributed by atoms with van der Waals surface area (Å²) in [7, 11) is 0. The van der Waals surface area contributed by atoms with Crippen LogP contribution in [0, 0.1) is 11.8 Å². The van der Waals surface area contributed by atoms with E-state index in [9.17, 15) is 13.6 Å². The van der Waals surface area contributed by atoms with Crippen LogP contribution >= 0.6 is 0 Å². The summed E-state index contributed by atoms with van der Waals surface area (Å²) in [6, 6.07) is 10.4. The molecular formula is C16H14F2N2O. The van der Waals surface area contributed by atoms with E-state index < -0.39 is 5.95 Å². The molecule has 2 aromatic rings. The van der Waals surface area contributed by atoms with Crippen molar-refractivity contribution < 1.29 is 13.6 Å². The van der Waals surface area contributed by atoms with E-state index in [-0.39, 0.29) is 23.5 Å². The first-order valence-corrected chi connectivity index (χ1v) is 6.81. The molecule has 1 amide bonds. The Kier molecular flexibility index (Phi) is 3.64. The Bertz CT molecular complexity index is 654. The zero-order valence-corrected chi connectivity index (χ0v) is 11.3. The highest BCUT2D eigenvalue weighted by atomic mass is 19.1.